The summed E-state index contributed by atoms with van der Waals surface area (Å²) in [7, 11) is -25.7. The summed E-state index contributed by atoms with van der Waals surface area (Å²) in [6.07, 6.45) is 0. The van der Waals surface area contributed by atoms with Crippen LogP contribution in [0.25, 0.3) is 10.8 Å². The summed E-state index contributed by atoms with van der Waals surface area (Å²) in [6, 6.07) is 7.98. The van der Waals surface area contributed by atoms with E-state index in [2.05, 4.69) is 20.5 Å². The van der Waals surface area contributed by atoms with E-state index in [0.29, 0.717) is 18.2 Å². The molecule has 6 N–H and O–H groups in total. The van der Waals surface area contributed by atoms with E-state index in [1.54, 1.807) is 0 Å². The number of phenols is 1. The summed E-state index contributed by atoms with van der Waals surface area (Å²) >= 11 is 0. The lowest BCUT2D eigenvalue weighted by Crippen LogP contribution is -2.06. The van der Waals surface area contributed by atoms with Crippen LogP contribution in [-0.2, 0) is 50.6 Å². The molecule has 0 aliphatic rings. The van der Waals surface area contributed by atoms with Crippen LogP contribution in [0.2, 0.25) is 0 Å². The van der Waals surface area contributed by atoms with Crippen molar-refractivity contribution >= 4 is 84.1 Å². The van der Waals surface area contributed by atoms with E-state index in [4.69, 9.17) is 4.55 Å². The number of aromatic hydroxyl groups is 1. The maximum absolute atomic E-state index is 12.2. The molecule has 0 saturated carbocycles. The molecule has 47 heavy (non-hydrogen) atoms. The number of benzene rings is 4. The van der Waals surface area contributed by atoms with Gasteiger partial charge in [0.15, 0.2) is 5.75 Å². The van der Waals surface area contributed by atoms with Crippen LogP contribution in [0.3, 0.4) is 0 Å². The maximum Gasteiger partial charge on any atom is 0.296 e. The van der Waals surface area contributed by atoms with Gasteiger partial charge in [0.2, 0.25) is 0 Å². The molecular weight excluding hydrogens is 737 g/mol. The minimum atomic E-state index is -5.42. The van der Waals surface area contributed by atoms with Gasteiger partial charge in [-0.15, -0.1) is 10.2 Å². The number of rotatable bonds is 9. The number of hydrogen-bond donors (Lipinski definition) is 6. The second-order valence-corrected chi connectivity index (χ2v) is 16.0. The lowest BCUT2D eigenvalue weighted by molar-refractivity contribution is 0.469. The van der Waals surface area contributed by atoms with Crippen molar-refractivity contribution in [2.75, 3.05) is 0 Å². The van der Waals surface area contributed by atoms with Crippen LogP contribution in [0, 0.1) is 0 Å². The van der Waals surface area contributed by atoms with E-state index in [0.717, 1.165) is 36.4 Å². The topological polar surface area (TPSA) is 342 Å². The molecule has 0 unspecified atom stereocenters. The van der Waals surface area contributed by atoms with E-state index in [-0.39, 0.29) is 17.4 Å². The second-order valence-electron chi connectivity index (χ2n) is 9.01. The summed E-state index contributed by atoms with van der Waals surface area (Å²) < 4.78 is 166. The third-order valence-corrected chi connectivity index (χ3v) is 10.2. The molecule has 20 nitrogen and oxygen atoms in total. The van der Waals surface area contributed by atoms with E-state index in [1.807, 2.05) is 0 Å². The molecule has 0 aliphatic heterocycles. The Bertz CT molecular complexity index is 2590. The van der Waals surface area contributed by atoms with Gasteiger partial charge in [-0.3, -0.25) is 22.8 Å². The highest BCUT2D eigenvalue weighted by Crippen LogP contribution is 2.45. The van der Waals surface area contributed by atoms with Crippen molar-refractivity contribution in [2.24, 2.45) is 20.5 Å². The Morgan fingerprint density at radius 2 is 0.957 bits per heavy atom. The molecule has 0 saturated heterocycles. The molecule has 0 amide bonds. The molecule has 0 aliphatic carbocycles. The predicted octanol–water partition coefficient (Wildman–Crippen LogP) is 3.61. The summed E-state index contributed by atoms with van der Waals surface area (Å²) in [6.45, 7) is 0. The zero-order chi connectivity index (χ0) is 35.3. The lowest BCUT2D eigenvalue weighted by Gasteiger charge is -2.12. The fourth-order valence-electron chi connectivity index (χ4n) is 3.83. The van der Waals surface area contributed by atoms with Crippen LogP contribution in [0.15, 0.2) is 106 Å². The fraction of sp³-hybridized carbons (Fsp3) is 0. The van der Waals surface area contributed by atoms with Crippen LogP contribution in [0.4, 0.5) is 22.7 Å². The number of hydrogen-bond acceptors (Lipinski definition) is 15. The van der Waals surface area contributed by atoms with Crippen molar-refractivity contribution in [3.8, 4) is 5.75 Å². The monoisotopic (exact) mass is 752 g/mol. The zero-order valence-corrected chi connectivity index (χ0v) is 26.5. The molecule has 0 heterocycles. The molecule has 25 heteroatoms. The third kappa shape index (κ3) is 7.99. The molecule has 4 rings (SSSR count). The highest BCUT2D eigenvalue weighted by atomic mass is 32.2. The maximum atomic E-state index is 12.2. The van der Waals surface area contributed by atoms with Crippen molar-refractivity contribution in [1.82, 2.24) is 0 Å². The van der Waals surface area contributed by atoms with Crippen LogP contribution in [-0.4, -0.2) is 70.0 Å². The smallest absolute Gasteiger partial charge is 0.296 e. The van der Waals surface area contributed by atoms with Crippen molar-refractivity contribution < 1.29 is 70.0 Å². The lowest BCUT2D eigenvalue weighted by atomic mass is 10.1. The highest BCUT2D eigenvalue weighted by Gasteiger charge is 2.29. The Balaban J connectivity index is 1.90. The summed E-state index contributed by atoms with van der Waals surface area (Å²) in [5.74, 6) is -1.44. The van der Waals surface area contributed by atoms with Gasteiger partial charge < -0.3 is 5.11 Å². The van der Waals surface area contributed by atoms with Gasteiger partial charge in [-0.25, -0.2) is 0 Å². The molecule has 0 fully saturated rings. The Morgan fingerprint density at radius 3 is 1.47 bits per heavy atom. The van der Waals surface area contributed by atoms with Crippen LogP contribution >= 0.6 is 0 Å². The molecule has 0 aromatic heterocycles. The molecule has 250 valence electrons. The normalized spacial score (nSPS) is 13.6. The molecule has 0 radical (unpaired) electrons. The molecule has 0 spiro atoms. The van der Waals surface area contributed by atoms with Crippen molar-refractivity contribution in [3.63, 3.8) is 0 Å². The first-order valence-corrected chi connectivity index (χ1v) is 18.9. The standard InChI is InChI=1S/C22H16N4O16S5/c27-22-20-11(7-15(44(31,32)33)10-18(20)46(37,38)39)8-19(47(40,41)42)21(22)26-25-16-6-3-13(9-17(16)45(34,35)36)24-23-12-1-4-14(5-2-12)43(28,29)30/h1-10,27H,(H,28,29,30)(H,31,32,33)(H,34,35,36)(H,37,38,39)(H,40,41,42). The molecular formula is C22H16N4O16S5. The second kappa shape index (κ2) is 12.0. The van der Waals surface area contributed by atoms with Crippen LogP contribution < -0.4 is 0 Å². The van der Waals surface area contributed by atoms with Crippen molar-refractivity contribution in [2.45, 2.75) is 24.5 Å². The summed E-state index contributed by atoms with van der Waals surface area (Å²) in [5, 5.41) is 23.5. The Hall–Kier alpha value is -4.31. The highest BCUT2D eigenvalue weighted by molar-refractivity contribution is 7.87. The summed E-state index contributed by atoms with van der Waals surface area (Å²) in [4.78, 5) is -5.34. The zero-order valence-electron chi connectivity index (χ0n) is 22.4. The molecule has 0 bridgehead atoms. The van der Waals surface area contributed by atoms with E-state index in [9.17, 15) is 65.4 Å². The van der Waals surface area contributed by atoms with Crippen LogP contribution in [0.1, 0.15) is 0 Å². The van der Waals surface area contributed by atoms with Gasteiger partial charge in [0.05, 0.1) is 21.2 Å². The minimum absolute atomic E-state index is 0.0343. The summed E-state index contributed by atoms with van der Waals surface area (Å²) in [5.41, 5.74) is -2.22. The number of azo groups is 2. The first-order chi connectivity index (χ1) is 21.4. The van der Waals surface area contributed by atoms with Gasteiger partial charge in [0.25, 0.3) is 50.6 Å². The Kier molecular flexibility index (Phi) is 9.11. The number of nitrogens with zero attached hydrogens (tertiary/aromatic N) is 4. The van der Waals surface area contributed by atoms with Crippen molar-refractivity contribution in [3.05, 3.63) is 60.7 Å². The largest absolute Gasteiger partial charge is 0.505 e. The van der Waals surface area contributed by atoms with Crippen LogP contribution in [0.5, 0.6) is 5.75 Å². The molecule has 0 atom stereocenters. The van der Waals surface area contributed by atoms with E-state index in [1.165, 1.54) is 0 Å². The minimum Gasteiger partial charge on any atom is -0.505 e. The SMILES string of the molecule is O=S(=O)(O)c1ccc(N=Nc2ccc(N=Nc3c(S(=O)(=O)O)cc4cc(S(=O)(=O)O)cc(S(=O)(=O)O)c4c3O)c(S(=O)(=O)O)c2)cc1. The first-order valence-electron chi connectivity index (χ1n) is 11.7. The fourth-order valence-corrected chi connectivity index (χ4v) is 6.97. The average molecular weight is 753 g/mol. The predicted molar refractivity (Wildman–Crippen MR) is 156 cm³/mol. The number of fused-ring (bicyclic) bond motifs is 1. The van der Waals surface area contributed by atoms with Gasteiger partial charge >= 0.3 is 0 Å². The number of phenolic OH excluding ortho intramolecular Hbond substituents is 1. The Labute approximate surface area is 264 Å². The van der Waals surface area contributed by atoms with Crippen molar-refractivity contribution in [1.29, 1.82) is 0 Å². The third-order valence-electron chi connectivity index (χ3n) is 5.84. The van der Waals surface area contributed by atoms with Gasteiger partial charge in [-0.2, -0.15) is 52.3 Å². The average Bonchev–Trinajstić information content (AvgIpc) is 2.93. The van der Waals surface area contributed by atoms with Gasteiger partial charge in [0, 0.05) is 5.39 Å². The van der Waals surface area contributed by atoms with E-state index >= 15 is 0 Å². The van der Waals surface area contributed by atoms with Gasteiger partial charge in [-0.05, 0) is 66.0 Å². The van der Waals surface area contributed by atoms with E-state index < -0.39 is 103 Å². The van der Waals surface area contributed by atoms with Gasteiger partial charge in [0.1, 0.15) is 26.1 Å². The quantitative estimate of drug-likeness (QED) is 0.105. The molecule has 4 aromatic rings. The van der Waals surface area contributed by atoms with Gasteiger partial charge in [-0.1, -0.05) is 0 Å². The molecule has 4 aromatic carbocycles. The first kappa shape index (κ1) is 35.5. The Morgan fingerprint density at radius 1 is 0.447 bits per heavy atom.